The Balaban J connectivity index is 2.21. The minimum Gasteiger partial charge on any atom is -0.497 e. The van der Waals surface area contributed by atoms with E-state index in [9.17, 15) is 5.21 Å². The van der Waals surface area contributed by atoms with Crippen LogP contribution in [0.2, 0.25) is 5.02 Å². The van der Waals surface area contributed by atoms with Gasteiger partial charge in [0.2, 0.25) is 0 Å². The topological polar surface area (TPSA) is 55.0 Å². The number of halogens is 1. The minimum absolute atomic E-state index is 0.407. The van der Waals surface area contributed by atoms with E-state index in [-0.39, 0.29) is 0 Å². The summed E-state index contributed by atoms with van der Waals surface area (Å²) in [7, 11) is 1.61. The second kappa shape index (κ2) is 5.50. The molecule has 1 aromatic heterocycles. The quantitative estimate of drug-likeness (QED) is 0.574. The van der Waals surface area contributed by atoms with Gasteiger partial charge in [-0.15, -0.1) is 0 Å². The third-order valence-electron chi connectivity index (χ3n) is 3.19. The minimum atomic E-state index is 0.407. The van der Waals surface area contributed by atoms with Crippen LogP contribution in [0.15, 0.2) is 58.1 Å². The Morgan fingerprint density at radius 1 is 1.10 bits per heavy atom. The maximum atomic E-state index is 9.20. The van der Waals surface area contributed by atoms with Gasteiger partial charge in [-0.05, 0) is 42.5 Å². The van der Waals surface area contributed by atoms with E-state index in [0.717, 1.165) is 11.3 Å². The number of benzene rings is 2. The van der Waals surface area contributed by atoms with Gasteiger partial charge in [-0.25, -0.2) is 0 Å². The molecule has 0 amide bonds. The molecule has 0 unspecified atom stereocenters. The highest BCUT2D eigenvalue weighted by Crippen LogP contribution is 2.25. The number of hydrogen-bond donors (Lipinski definition) is 1. The van der Waals surface area contributed by atoms with Crippen LogP contribution in [0.4, 0.5) is 0 Å². The lowest BCUT2D eigenvalue weighted by Gasteiger charge is -2.05. The van der Waals surface area contributed by atoms with E-state index in [4.69, 9.17) is 20.8 Å². The molecule has 5 heteroatoms. The Morgan fingerprint density at radius 3 is 2.52 bits per heavy atom. The first-order valence-electron chi connectivity index (χ1n) is 6.27. The zero-order chi connectivity index (χ0) is 14.8. The molecule has 106 valence electrons. The summed E-state index contributed by atoms with van der Waals surface area (Å²) in [5, 5.41) is 14.1. The average Bonchev–Trinajstić information content (AvgIpc) is 2.54. The fraction of sp³-hybridized carbons (Fsp3) is 0.0625. The Bertz CT molecular complexity index is 854. The maximum absolute atomic E-state index is 9.20. The molecule has 0 atom stereocenters. The zero-order valence-electron chi connectivity index (χ0n) is 11.2. The van der Waals surface area contributed by atoms with Crippen LogP contribution in [-0.4, -0.2) is 12.3 Å². The van der Waals surface area contributed by atoms with Crippen molar-refractivity contribution >= 4 is 22.6 Å². The molecule has 4 nitrogen and oxygen atoms in total. The second-order valence-electron chi connectivity index (χ2n) is 4.46. The molecule has 0 aliphatic rings. The first-order valence-corrected chi connectivity index (χ1v) is 6.65. The molecule has 0 spiro atoms. The van der Waals surface area contributed by atoms with Gasteiger partial charge in [0, 0.05) is 22.0 Å². The Hall–Kier alpha value is -2.46. The lowest BCUT2D eigenvalue weighted by Crippen LogP contribution is -2.03. The Morgan fingerprint density at radius 2 is 1.86 bits per heavy atom. The van der Waals surface area contributed by atoms with Crippen molar-refractivity contribution in [2.45, 2.75) is 0 Å². The van der Waals surface area contributed by atoms with Gasteiger partial charge in [0.15, 0.2) is 0 Å². The molecule has 0 aliphatic heterocycles. The molecule has 0 saturated heterocycles. The first kappa shape index (κ1) is 13.5. The second-order valence-corrected chi connectivity index (χ2v) is 4.90. The van der Waals surface area contributed by atoms with Crippen LogP contribution in [0.1, 0.15) is 0 Å². The molecule has 1 heterocycles. The molecule has 0 aliphatic carbocycles. The molecule has 1 N–H and O–H groups in total. The van der Waals surface area contributed by atoms with E-state index in [1.54, 1.807) is 31.4 Å². The van der Waals surface area contributed by atoms with Gasteiger partial charge in [0.05, 0.1) is 7.11 Å². The summed E-state index contributed by atoms with van der Waals surface area (Å²) < 4.78 is 11.0. The van der Waals surface area contributed by atoms with Gasteiger partial charge in [-0.1, -0.05) is 16.8 Å². The van der Waals surface area contributed by atoms with E-state index >= 15 is 0 Å². The van der Waals surface area contributed by atoms with Gasteiger partial charge < -0.3 is 14.4 Å². The van der Waals surface area contributed by atoms with Crippen LogP contribution in [-0.2, 0) is 0 Å². The van der Waals surface area contributed by atoms with Crippen molar-refractivity contribution in [1.29, 1.82) is 0 Å². The number of fused-ring (bicyclic) bond motifs is 1. The molecule has 0 saturated carbocycles. The summed E-state index contributed by atoms with van der Waals surface area (Å²) in [4.78, 5) is 0. The fourth-order valence-electron chi connectivity index (χ4n) is 2.12. The predicted molar refractivity (Wildman–Crippen MR) is 80.6 cm³/mol. The first-order chi connectivity index (χ1) is 10.2. The zero-order valence-corrected chi connectivity index (χ0v) is 12.0. The molecule has 0 radical (unpaired) electrons. The summed E-state index contributed by atoms with van der Waals surface area (Å²) in [6, 6.07) is 14.3. The van der Waals surface area contributed by atoms with E-state index in [1.165, 1.54) is 0 Å². The molecular formula is C16H12ClNO3. The molecule has 3 rings (SSSR count). The van der Waals surface area contributed by atoms with Crippen LogP contribution in [0.3, 0.4) is 0 Å². The van der Waals surface area contributed by atoms with Crippen molar-refractivity contribution in [2.24, 2.45) is 5.16 Å². The summed E-state index contributed by atoms with van der Waals surface area (Å²) in [6.45, 7) is 0. The van der Waals surface area contributed by atoms with Crippen LogP contribution in [0.5, 0.6) is 5.75 Å². The number of methoxy groups -OCH3 is 1. The molecule has 0 fully saturated rings. The standard InChI is InChI=1S/C16H12ClNO3/c1-20-12-5-2-10(3-6-12)16-9-14(18-19)13-8-11(17)4-7-15(13)21-16/h2-9,19H,1H3. The molecule has 21 heavy (non-hydrogen) atoms. The molecular weight excluding hydrogens is 290 g/mol. The van der Waals surface area contributed by atoms with Gasteiger partial charge in [-0.2, -0.15) is 0 Å². The highest BCUT2D eigenvalue weighted by atomic mass is 35.5. The number of hydrogen-bond acceptors (Lipinski definition) is 4. The van der Waals surface area contributed by atoms with Crippen LogP contribution in [0.25, 0.3) is 22.3 Å². The van der Waals surface area contributed by atoms with Crippen molar-refractivity contribution in [3.63, 3.8) is 0 Å². The summed E-state index contributed by atoms with van der Waals surface area (Å²) >= 11 is 5.96. The van der Waals surface area contributed by atoms with E-state index in [2.05, 4.69) is 5.16 Å². The summed E-state index contributed by atoms with van der Waals surface area (Å²) in [6.07, 6.45) is 0. The Labute approximate surface area is 125 Å². The average molecular weight is 302 g/mol. The van der Waals surface area contributed by atoms with Gasteiger partial charge in [0.25, 0.3) is 0 Å². The number of nitrogens with zero attached hydrogens (tertiary/aromatic N) is 1. The SMILES string of the molecule is COc1ccc(-c2cc(=NO)c3cc(Cl)ccc3o2)cc1. The fourth-order valence-corrected chi connectivity index (χ4v) is 2.29. The summed E-state index contributed by atoms with van der Waals surface area (Å²) in [5.41, 5.74) is 1.46. The highest BCUT2D eigenvalue weighted by molar-refractivity contribution is 6.31. The van der Waals surface area contributed by atoms with Crippen LogP contribution in [0, 0.1) is 0 Å². The van der Waals surface area contributed by atoms with E-state index in [0.29, 0.717) is 27.1 Å². The third kappa shape index (κ3) is 2.58. The normalized spacial score (nSPS) is 11.8. The van der Waals surface area contributed by atoms with Crippen LogP contribution < -0.4 is 10.1 Å². The van der Waals surface area contributed by atoms with Gasteiger partial charge in [-0.3, -0.25) is 0 Å². The van der Waals surface area contributed by atoms with E-state index < -0.39 is 0 Å². The number of rotatable bonds is 2. The van der Waals surface area contributed by atoms with Crippen molar-refractivity contribution < 1.29 is 14.4 Å². The highest BCUT2D eigenvalue weighted by Gasteiger charge is 2.07. The molecule has 3 aromatic rings. The van der Waals surface area contributed by atoms with E-state index in [1.807, 2.05) is 24.3 Å². The Kier molecular flexibility index (Phi) is 3.54. The molecule has 2 aromatic carbocycles. The lowest BCUT2D eigenvalue weighted by molar-refractivity contribution is 0.302. The smallest absolute Gasteiger partial charge is 0.137 e. The van der Waals surface area contributed by atoms with Crippen LogP contribution >= 0.6 is 11.6 Å². The van der Waals surface area contributed by atoms with Gasteiger partial charge in [0.1, 0.15) is 22.5 Å². The van der Waals surface area contributed by atoms with Crippen molar-refractivity contribution in [1.82, 2.24) is 0 Å². The van der Waals surface area contributed by atoms with Gasteiger partial charge >= 0.3 is 0 Å². The largest absolute Gasteiger partial charge is 0.497 e. The lowest BCUT2D eigenvalue weighted by atomic mass is 10.1. The molecule has 0 bridgehead atoms. The third-order valence-corrected chi connectivity index (χ3v) is 3.42. The maximum Gasteiger partial charge on any atom is 0.137 e. The van der Waals surface area contributed by atoms with Crippen molar-refractivity contribution in [3.05, 3.63) is 58.9 Å². The number of ether oxygens (including phenoxy) is 1. The summed E-state index contributed by atoms with van der Waals surface area (Å²) in [5.74, 6) is 1.36. The van der Waals surface area contributed by atoms with Crippen molar-refractivity contribution in [2.75, 3.05) is 7.11 Å². The van der Waals surface area contributed by atoms with Crippen molar-refractivity contribution in [3.8, 4) is 17.1 Å². The monoisotopic (exact) mass is 301 g/mol. The predicted octanol–water partition coefficient (Wildman–Crippen LogP) is 4.05.